The number of imidazole rings is 1. The number of hydrogen-bond donors (Lipinski definition) is 0. The van der Waals surface area contributed by atoms with Gasteiger partial charge in [-0.1, -0.05) is 0 Å². The van der Waals surface area contributed by atoms with Crippen molar-refractivity contribution in [3.05, 3.63) is 27.8 Å². The number of fused-ring (bicyclic) bond motifs is 1. The number of piperidine rings is 1. The van der Waals surface area contributed by atoms with E-state index in [1.165, 1.54) is 6.07 Å². The Bertz CT molecular complexity index is 713. The Morgan fingerprint density at radius 1 is 1.48 bits per heavy atom. The van der Waals surface area contributed by atoms with E-state index in [-0.39, 0.29) is 5.69 Å². The SMILES string of the molecule is Cc1cc2c(cc1[N+](=O)[O-])nc(N1CCCC(F)C1)n2C. The van der Waals surface area contributed by atoms with Gasteiger partial charge in [0.05, 0.1) is 22.5 Å². The number of rotatable bonds is 2. The molecule has 0 amide bonds. The summed E-state index contributed by atoms with van der Waals surface area (Å²) in [4.78, 5) is 17.0. The number of nitro groups is 1. The summed E-state index contributed by atoms with van der Waals surface area (Å²) in [7, 11) is 1.86. The number of halogens is 1. The van der Waals surface area contributed by atoms with E-state index in [2.05, 4.69) is 4.98 Å². The minimum atomic E-state index is -0.838. The van der Waals surface area contributed by atoms with Gasteiger partial charge < -0.3 is 9.47 Å². The molecule has 2 heterocycles. The number of aromatic nitrogens is 2. The van der Waals surface area contributed by atoms with E-state index in [0.29, 0.717) is 30.0 Å². The Balaban J connectivity index is 2.08. The maximum absolute atomic E-state index is 13.6. The van der Waals surface area contributed by atoms with Gasteiger partial charge in [-0.05, 0) is 25.8 Å². The number of aryl methyl sites for hydroxylation is 2. The Kier molecular flexibility index (Phi) is 3.27. The van der Waals surface area contributed by atoms with Crippen LogP contribution >= 0.6 is 0 Å². The fourth-order valence-electron chi connectivity index (χ4n) is 2.91. The first-order valence-corrected chi connectivity index (χ1v) is 6.98. The van der Waals surface area contributed by atoms with Crippen LogP contribution in [0.3, 0.4) is 0 Å². The summed E-state index contributed by atoms with van der Waals surface area (Å²) in [6, 6.07) is 3.26. The van der Waals surface area contributed by atoms with Gasteiger partial charge in [-0.15, -0.1) is 0 Å². The van der Waals surface area contributed by atoms with Crippen molar-refractivity contribution < 1.29 is 9.31 Å². The van der Waals surface area contributed by atoms with Gasteiger partial charge in [0.25, 0.3) is 5.69 Å². The van der Waals surface area contributed by atoms with Gasteiger partial charge >= 0.3 is 0 Å². The van der Waals surface area contributed by atoms with Gasteiger partial charge in [-0.2, -0.15) is 0 Å². The molecule has 0 saturated carbocycles. The van der Waals surface area contributed by atoms with Gasteiger partial charge in [-0.25, -0.2) is 9.37 Å². The van der Waals surface area contributed by atoms with Crippen molar-refractivity contribution >= 4 is 22.7 Å². The number of anilines is 1. The van der Waals surface area contributed by atoms with Crippen LogP contribution < -0.4 is 4.90 Å². The molecular formula is C14H17FN4O2. The third-order valence-electron chi connectivity index (χ3n) is 4.02. The Morgan fingerprint density at radius 2 is 2.24 bits per heavy atom. The van der Waals surface area contributed by atoms with Gasteiger partial charge in [-0.3, -0.25) is 10.1 Å². The third kappa shape index (κ3) is 2.32. The Labute approximate surface area is 121 Å². The highest BCUT2D eigenvalue weighted by molar-refractivity contribution is 5.82. The van der Waals surface area contributed by atoms with Crippen LogP contribution in [0.1, 0.15) is 18.4 Å². The molecule has 7 heteroatoms. The second kappa shape index (κ2) is 4.98. The molecule has 1 aliphatic rings. The van der Waals surface area contributed by atoms with Crippen LogP contribution in [0, 0.1) is 17.0 Å². The molecule has 0 spiro atoms. The molecule has 0 radical (unpaired) electrons. The first kappa shape index (κ1) is 13.8. The molecular weight excluding hydrogens is 275 g/mol. The van der Waals surface area contributed by atoms with Crippen molar-refractivity contribution in [3.63, 3.8) is 0 Å². The molecule has 0 N–H and O–H groups in total. The summed E-state index contributed by atoms with van der Waals surface area (Å²) in [5, 5.41) is 11.0. The monoisotopic (exact) mass is 292 g/mol. The second-order valence-corrected chi connectivity index (χ2v) is 5.54. The molecule has 0 bridgehead atoms. The number of alkyl halides is 1. The minimum Gasteiger partial charge on any atom is -0.339 e. The quantitative estimate of drug-likeness (QED) is 0.630. The predicted molar refractivity (Wildman–Crippen MR) is 78.4 cm³/mol. The summed E-state index contributed by atoms with van der Waals surface area (Å²) >= 11 is 0. The Hall–Kier alpha value is -2.18. The topological polar surface area (TPSA) is 64.2 Å². The van der Waals surface area contributed by atoms with E-state index < -0.39 is 11.1 Å². The lowest BCUT2D eigenvalue weighted by atomic mass is 10.1. The van der Waals surface area contributed by atoms with E-state index in [1.54, 1.807) is 13.0 Å². The summed E-state index contributed by atoms with van der Waals surface area (Å²) in [5.74, 6) is 0.673. The van der Waals surface area contributed by atoms with Crippen LogP contribution in [0.4, 0.5) is 16.0 Å². The molecule has 2 aromatic rings. The zero-order chi connectivity index (χ0) is 15.1. The molecule has 1 atom stereocenters. The summed E-state index contributed by atoms with van der Waals surface area (Å²) in [6.07, 6.45) is 0.545. The molecule has 0 aliphatic carbocycles. The highest BCUT2D eigenvalue weighted by Crippen LogP contribution is 2.29. The fraction of sp³-hybridized carbons (Fsp3) is 0.500. The van der Waals surface area contributed by atoms with Gasteiger partial charge in [0, 0.05) is 25.2 Å². The van der Waals surface area contributed by atoms with Gasteiger partial charge in [0.15, 0.2) is 0 Å². The van der Waals surface area contributed by atoms with Crippen molar-refractivity contribution in [2.45, 2.75) is 25.9 Å². The number of benzene rings is 1. The van der Waals surface area contributed by atoms with Crippen molar-refractivity contribution in [1.82, 2.24) is 9.55 Å². The second-order valence-electron chi connectivity index (χ2n) is 5.54. The minimum absolute atomic E-state index is 0.0640. The van der Waals surface area contributed by atoms with Gasteiger partial charge in [0.1, 0.15) is 6.17 Å². The summed E-state index contributed by atoms with van der Waals surface area (Å²) < 4.78 is 15.5. The summed E-state index contributed by atoms with van der Waals surface area (Å²) in [5.41, 5.74) is 2.07. The fourth-order valence-corrected chi connectivity index (χ4v) is 2.91. The van der Waals surface area contributed by atoms with Crippen molar-refractivity contribution in [2.75, 3.05) is 18.0 Å². The average Bonchev–Trinajstić information content (AvgIpc) is 2.75. The molecule has 1 aromatic carbocycles. The smallest absolute Gasteiger partial charge is 0.274 e. The van der Waals surface area contributed by atoms with Crippen LogP contribution in [0.15, 0.2) is 12.1 Å². The van der Waals surface area contributed by atoms with Crippen LogP contribution in [0.2, 0.25) is 0 Å². The zero-order valence-corrected chi connectivity index (χ0v) is 12.0. The van der Waals surface area contributed by atoms with Crippen molar-refractivity contribution in [1.29, 1.82) is 0 Å². The predicted octanol–water partition coefficient (Wildman–Crippen LogP) is 2.73. The van der Waals surface area contributed by atoms with E-state index in [0.717, 1.165) is 18.5 Å². The lowest BCUT2D eigenvalue weighted by molar-refractivity contribution is -0.385. The van der Waals surface area contributed by atoms with E-state index in [9.17, 15) is 14.5 Å². The third-order valence-corrected chi connectivity index (χ3v) is 4.02. The Morgan fingerprint density at radius 3 is 2.90 bits per heavy atom. The van der Waals surface area contributed by atoms with Crippen molar-refractivity contribution in [2.24, 2.45) is 7.05 Å². The molecule has 1 aromatic heterocycles. The molecule has 112 valence electrons. The highest BCUT2D eigenvalue weighted by Gasteiger charge is 2.24. The van der Waals surface area contributed by atoms with Crippen LogP contribution in [0.5, 0.6) is 0 Å². The van der Waals surface area contributed by atoms with Crippen molar-refractivity contribution in [3.8, 4) is 0 Å². The molecule has 1 unspecified atom stereocenters. The molecule has 6 nitrogen and oxygen atoms in total. The maximum Gasteiger partial charge on any atom is 0.274 e. The molecule has 1 saturated heterocycles. The largest absolute Gasteiger partial charge is 0.339 e. The molecule has 1 aliphatic heterocycles. The van der Waals surface area contributed by atoms with Crippen LogP contribution in [0.25, 0.3) is 11.0 Å². The van der Waals surface area contributed by atoms with E-state index in [4.69, 9.17) is 0 Å². The molecule has 3 rings (SSSR count). The lowest BCUT2D eigenvalue weighted by Crippen LogP contribution is -2.37. The number of hydrogen-bond acceptors (Lipinski definition) is 4. The average molecular weight is 292 g/mol. The molecule has 1 fully saturated rings. The first-order chi connectivity index (χ1) is 9.97. The van der Waals surface area contributed by atoms with E-state index in [1.807, 2.05) is 16.5 Å². The maximum atomic E-state index is 13.6. The van der Waals surface area contributed by atoms with E-state index >= 15 is 0 Å². The van der Waals surface area contributed by atoms with Crippen LogP contribution in [-0.2, 0) is 7.05 Å². The first-order valence-electron chi connectivity index (χ1n) is 6.98. The van der Waals surface area contributed by atoms with Gasteiger partial charge in [0.2, 0.25) is 5.95 Å². The van der Waals surface area contributed by atoms with Crippen LogP contribution in [-0.4, -0.2) is 33.7 Å². The molecule has 21 heavy (non-hydrogen) atoms. The zero-order valence-electron chi connectivity index (χ0n) is 12.0. The summed E-state index contributed by atoms with van der Waals surface area (Å²) in [6.45, 7) is 2.81. The number of nitrogens with zero attached hydrogens (tertiary/aromatic N) is 4. The lowest BCUT2D eigenvalue weighted by Gasteiger charge is -2.29. The number of nitro benzene ring substituents is 1. The normalized spacial score (nSPS) is 19.2. The standard InChI is InChI=1S/C14H17FN4O2/c1-9-6-13-11(7-12(9)19(20)21)16-14(17(13)2)18-5-3-4-10(15)8-18/h6-7,10H,3-5,8H2,1-2H3. The highest BCUT2D eigenvalue weighted by atomic mass is 19.1.